The van der Waals surface area contributed by atoms with Gasteiger partial charge in [-0.25, -0.2) is 13.2 Å². The van der Waals surface area contributed by atoms with E-state index >= 15 is 0 Å². The van der Waals surface area contributed by atoms with Crippen LogP contribution in [0.4, 0.5) is 0 Å². The van der Waals surface area contributed by atoms with Gasteiger partial charge in [0, 0.05) is 13.1 Å². The minimum atomic E-state index is -3.75. The quantitative estimate of drug-likeness (QED) is 0.650. The molecule has 1 aromatic carbocycles. The first-order chi connectivity index (χ1) is 13.7. The monoisotopic (exact) mass is 425 g/mol. The SMILES string of the molecule is COc1ccc(C(=O)OC[C@@H]2CCC(C)(C)O2)cc1S(=O)(=O)N1CCCCCC1. The van der Waals surface area contributed by atoms with Crippen LogP contribution in [-0.2, 0) is 19.5 Å². The van der Waals surface area contributed by atoms with Gasteiger partial charge in [-0.3, -0.25) is 0 Å². The number of ether oxygens (including phenoxy) is 3. The van der Waals surface area contributed by atoms with Crippen molar-refractivity contribution in [3.63, 3.8) is 0 Å². The molecule has 0 radical (unpaired) electrons. The highest BCUT2D eigenvalue weighted by molar-refractivity contribution is 7.89. The van der Waals surface area contributed by atoms with Gasteiger partial charge in [0.15, 0.2) is 0 Å². The van der Waals surface area contributed by atoms with Gasteiger partial charge in [-0.2, -0.15) is 4.31 Å². The normalized spacial score (nSPS) is 22.8. The molecule has 3 rings (SSSR count). The number of benzene rings is 1. The molecular formula is C21H31NO6S. The van der Waals surface area contributed by atoms with Crippen LogP contribution in [0, 0.1) is 0 Å². The van der Waals surface area contributed by atoms with Crippen molar-refractivity contribution in [2.75, 3.05) is 26.8 Å². The van der Waals surface area contributed by atoms with Crippen molar-refractivity contribution in [3.05, 3.63) is 23.8 Å². The Balaban J connectivity index is 1.76. The summed E-state index contributed by atoms with van der Waals surface area (Å²) in [6.07, 6.45) is 5.33. The first-order valence-corrected chi connectivity index (χ1v) is 11.7. The summed E-state index contributed by atoms with van der Waals surface area (Å²) in [5, 5.41) is 0. The molecule has 8 heteroatoms. The molecule has 0 spiro atoms. The smallest absolute Gasteiger partial charge is 0.338 e. The number of nitrogens with zero attached hydrogens (tertiary/aromatic N) is 1. The lowest BCUT2D eigenvalue weighted by Gasteiger charge is -2.22. The van der Waals surface area contributed by atoms with Crippen molar-refractivity contribution >= 4 is 16.0 Å². The van der Waals surface area contributed by atoms with Crippen molar-refractivity contribution in [2.45, 2.75) is 69.0 Å². The van der Waals surface area contributed by atoms with Crippen LogP contribution in [-0.4, -0.2) is 57.2 Å². The third-order valence-corrected chi connectivity index (χ3v) is 7.46. The van der Waals surface area contributed by atoms with Gasteiger partial charge in [0.2, 0.25) is 10.0 Å². The van der Waals surface area contributed by atoms with Crippen molar-refractivity contribution in [2.24, 2.45) is 0 Å². The van der Waals surface area contributed by atoms with Gasteiger partial charge in [-0.1, -0.05) is 12.8 Å². The largest absolute Gasteiger partial charge is 0.495 e. The number of carbonyl (C=O) groups excluding carboxylic acids is 1. The summed E-state index contributed by atoms with van der Waals surface area (Å²) in [5.74, 6) is -0.333. The lowest BCUT2D eigenvalue weighted by atomic mass is 10.1. The van der Waals surface area contributed by atoms with Gasteiger partial charge < -0.3 is 14.2 Å². The standard InChI is InChI=1S/C21H31NO6S/c1-21(2)11-10-17(28-21)15-27-20(23)16-8-9-18(26-3)19(14-16)29(24,25)22-12-6-4-5-7-13-22/h8-9,14,17H,4-7,10-13,15H2,1-3H3/t17-/m0/s1. The van der Waals surface area contributed by atoms with Crippen molar-refractivity contribution in [3.8, 4) is 5.75 Å². The highest BCUT2D eigenvalue weighted by Gasteiger charge is 2.33. The van der Waals surface area contributed by atoms with Gasteiger partial charge >= 0.3 is 5.97 Å². The molecule has 2 aliphatic rings. The number of hydrogen-bond donors (Lipinski definition) is 0. The van der Waals surface area contributed by atoms with Crippen molar-refractivity contribution in [1.29, 1.82) is 0 Å². The summed E-state index contributed by atoms with van der Waals surface area (Å²) in [6.45, 7) is 5.14. The van der Waals surface area contributed by atoms with Gasteiger partial charge in [-0.05, 0) is 57.7 Å². The molecule has 29 heavy (non-hydrogen) atoms. The minimum Gasteiger partial charge on any atom is -0.495 e. The molecule has 0 unspecified atom stereocenters. The van der Waals surface area contributed by atoms with Crippen LogP contribution in [0.3, 0.4) is 0 Å². The van der Waals surface area contributed by atoms with E-state index in [0.717, 1.165) is 38.5 Å². The first-order valence-electron chi connectivity index (χ1n) is 10.3. The molecule has 162 valence electrons. The third kappa shape index (κ3) is 5.29. The average molecular weight is 426 g/mol. The fourth-order valence-electron chi connectivity index (χ4n) is 3.87. The van der Waals surface area contributed by atoms with Crippen LogP contribution in [0.2, 0.25) is 0 Å². The molecule has 0 aromatic heterocycles. The Hall–Kier alpha value is -1.64. The van der Waals surface area contributed by atoms with Crippen LogP contribution >= 0.6 is 0 Å². The van der Waals surface area contributed by atoms with E-state index in [2.05, 4.69) is 0 Å². The van der Waals surface area contributed by atoms with Gasteiger partial charge in [0.1, 0.15) is 17.3 Å². The Kier molecular flexibility index (Phi) is 6.86. The fourth-order valence-corrected chi connectivity index (χ4v) is 5.57. The van der Waals surface area contributed by atoms with Gasteiger partial charge in [-0.15, -0.1) is 0 Å². The predicted molar refractivity (Wildman–Crippen MR) is 109 cm³/mol. The van der Waals surface area contributed by atoms with E-state index in [1.807, 2.05) is 13.8 Å². The second-order valence-electron chi connectivity index (χ2n) is 8.32. The average Bonchev–Trinajstić information content (AvgIpc) is 2.89. The molecule has 7 nitrogen and oxygen atoms in total. The van der Waals surface area contributed by atoms with E-state index in [9.17, 15) is 13.2 Å². The second-order valence-corrected chi connectivity index (χ2v) is 10.2. The van der Waals surface area contributed by atoms with E-state index in [1.54, 1.807) is 0 Å². The molecule has 0 bridgehead atoms. The van der Waals surface area contributed by atoms with E-state index < -0.39 is 16.0 Å². The number of rotatable bonds is 6. The highest BCUT2D eigenvalue weighted by Crippen LogP contribution is 2.31. The molecule has 1 atom stereocenters. The number of carbonyl (C=O) groups is 1. The maximum atomic E-state index is 13.2. The number of esters is 1. The van der Waals surface area contributed by atoms with Crippen LogP contribution < -0.4 is 4.74 Å². The topological polar surface area (TPSA) is 82.1 Å². The molecule has 2 fully saturated rings. The number of methoxy groups -OCH3 is 1. The van der Waals surface area contributed by atoms with Crippen LogP contribution in [0.1, 0.15) is 62.7 Å². The molecule has 2 aliphatic heterocycles. The Bertz CT molecular complexity index is 828. The van der Waals surface area contributed by atoms with E-state index in [4.69, 9.17) is 14.2 Å². The predicted octanol–water partition coefficient (Wildman–Crippen LogP) is 3.37. The Morgan fingerprint density at radius 2 is 1.90 bits per heavy atom. The summed E-state index contributed by atoms with van der Waals surface area (Å²) in [6, 6.07) is 4.40. The van der Waals surface area contributed by atoms with Crippen LogP contribution in [0.25, 0.3) is 0 Å². The Morgan fingerprint density at radius 1 is 1.21 bits per heavy atom. The lowest BCUT2D eigenvalue weighted by molar-refractivity contribution is -0.0445. The molecule has 0 N–H and O–H groups in total. The number of hydrogen-bond acceptors (Lipinski definition) is 6. The molecular weight excluding hydrogens is 394 g/mol. The fraction of sp³-hybridized carbons (Fsp3) is 0.667. The van der Waals surface area contributed by atoms with Crippen molar-refractivity contribution < 1.29 is 27.4 Å². The van der Waals surface area contributed by atoms with Crippen molar-refractivity contribution in [1.82, 2.24) is 4.31 Å². The van der Waals surface area contributed by atoms with E-state index in [0.29, 0.717) is 13.1 Å². The van der Waals surface area contributed by atoms with Crippen LogP contribution in [0.5, 0.6) is 5.75 Å². The van der Waals surface area contributed by atoms with Gasteiger partial charge in [0.25, 0.3) is 0 Å². The molecule has 0 saturated carbocycles. The molecule has 2 saturated heterocycles. The summed E-state index contributed by atoms with van der Waals surface area (Å²) in [4.78, 5) is 12.6. The minimum absolute atomic E-state index is 0.00889. The summed E-state index contributed by atoms with van der Waals surface area (Å²) < 4.78 is 44.4. The summed E-state index contributed by atoms with van der Waals surface area (Å²) >= 11 is 0. The zero-order valence-electron chi connectivity index (χ0n) is 17.5. The van der Waals surface area contributed by atoms with E-state index in [1.165, 1.54) is 29.6 Å². The zero-order valence-corrected chi connectivity index (χ0v) is 18.3. The molecule has 0 amide bonds. The number of sulfonamides is 1. The zero-order chi connectivity index (χ0) is 21.1. The maximum Gasteiger partial charge on any atom is 0.338 e. The third-order valence-electron chi connectivity index (χ3n) is 5.54. The lowest BCUT2D eigenvalue weighted by Crippen LogP contribution is -2.32. The van der Waals surface area contributed by atoms with Crippen LogP contribution in [0.15, 0.2) is 23.1 Å². The molecule has 2 heterocycles. The second kappa shape index (κ2) is 9.02. The van der Waals surface area contributed by atoms with Gasteiger partial charge in [0.05, 0.1) is 24.4 Å². The Morgan fingerprint density at radius 3 is 2.48 bits per heavy atom. The highest BCUT2D eigenvalue weighted by atomic mass is 32.2. The molecule has 0 aliphatic carbocycles. The summed E-state index contributed by atoms with van der Waals surface area (Å²) in [5.41, 5.74) is -0.0116. The molecule has 1 aromatic rings. The van der Waals surface area contributed by atoms with E-state index in [-0.39, 0.29) is 34.5 Å². The first kappa shape index (κ1) is 22.1. The maximum absolute atomic E-state index is 13.2. The summed E-state index contributed by atoms with van der Waals surface area (Å²) in [7, 11) is -2.33. The Labute approximate surface area is 173 Å².